The maximum atomic E-state index is 13.7. The smallest absolute Gasteiger partial charge is 0.264 e. The van der Waals surface area contributed by atoms with Gasteiger partial charge in [0.15, 0.2) is 0 Å². The molecule has 4 aromatic rings. The van der Waals surface area contributed by atoms with Gasteiger partial charge in [-0.3, -0.25) is 14.6 Å². The number of nitrogens with one attached hydrogen (secondary N) is 2. The number of thioether (sulfide) groups is 1. The molecule has 1 aromatic heterocycles. The highest BCUT2D eigenvalue weighted by Crippen LogP contribution is 2.29. The fourth-order valence-electron chi connectivity index (χ4n) is 4.18. The minimum Gasteiger partial charge on any atom is -0.487 e. The van der Waals surface area contributed by atoms with Crippen LogP contribution in [0.25, 0.3) is 11.1 Å². The van der Waals surface area contributed by atoms with Crippen LogP contribution in [0.3, 0.4) is 0 Å². The quantitative estimate of drug-likeness (QED) is 0.239. The van der Waals surface area contributed by atoms with E-state index in [1.54, 1.807) is 48.8 Å². The van der Waals surface area contributed by atoms with E-state index in [4.69, 9.17) is 4.74 Å². The number of hydrogen-bond acceptors (Lipinski definition) is 7. The van der Waals surface area contributed by atoms with Crippen molar-refractivity contribution < 1.29 is 22.7 Å². The fraction of sp³-hybridized carbons (Fsp3) is 0.194. The van der Waals surface area contributed by atoms with Crippen LogP contribution >= 0.6 is 11.8 Å². The van der Waals surface area contributed by atoms with Gasteiger partial charge in [-0.05, 0) is 84.0 Å². The lowest BCUT2D eigenvalue weighted by molar-refractivity contribution is -0.121. The van der Waals surface area contributed by atoms with Gasteiger partial charge in [0, 0.05) is 11.8 Å². The number of aryl methyl sites for hydroxylation is 1. The number of rotatable bonds is 12. The van der Waals surface area contributed by atoms with Gasteiger partial charge in [0.25, 0.3) is 21.8 Å². The topological polar surface area (TPSA) is 114 Å². The molecular formula is C31H31N3O5S2. The molecule has 0 aliphatic heterocycles. The van der Waals surface area contributed by atoms with E-state index < -0.39 is 27.9 Å². The molecule has 3 aromatic carbocycles. The molecule has 8 nitrogen and oxygen atoms in total. The predicted octanol–water partition coefficient (Wildman–Crippen LogP) is 4.99. The van der Waals surface area contributed by atoms with Crippen LogP contribution in [0.1, 0.15) is 27.9 Å². The molecule has 4 rings (SSSR count). The number of carbonyl (C=O) groups is 2. The van der Waals surface area contributed by atoms with E-state index in [0.29, 0.717) is 22.6 Å². The monoisotopic (exact) mass is 589 g/mol. The highest BCUT2D eigenvalue weighted by Gasteiger charge is 2.27. The zero-order chi connectivity index (χ0) is 29.2. The van der Waals surface area contributed by atoms with E-state index in [-0.39, 0.29) is 17.9 Å². The van der Waals surface area contributed by atoms with Gasteiger partial charge in [-0.1, -0.05) is 48.5 Å². The third-order valence-electron chi connectivity index (χ3n) is 6.32. The van der Waals surface area contributed by atoms with Crippen molar-refractivity contribution in [2.75, 3.05) is 12.0 Å². The number of hydrogen-bond donors (Lipinski definition) is 2. The maximum Gasteiger partial charge on any atom is 0.264 e. The molecule has 2 N–H and O–H groups in total. The first-order chi connectivity index (χ1) is 19.8. The Balaban J connectivity index is 1.61. The van der Waals surface area contributed by atoms with E-state index in [9.17, 15) is 18.0 Å². The van der Waals surface area contributed by atoms with Crippen molar-refractivity contribution in [3.8, 4) is 16.9 Å². The fourth-order valence-corrected chi connectivity index (χ4v) is 5.69. The Bertz CT molecular complexity index is 1600. The molecule has 0 radical (unpaired) electrons. The van der Waals surface area contributed by atoms with Crippen LogP contribution in [0.2, 0.25) is 0 Å². The number of amides is 2. The lowest BCUT2D eigenvalue weighted by atomic mass is 9.93. The van der Waals surface area contributed by atoms with E-state index >= 15 is 0 Å². The summed E-state index contributed by atoms with van der Waals surface area (Å²) >= 11 is 1.49. The summed E-state index contributed by atoms with van der Waals surface area (Å²) in [5.41, 5.74) is 3.70. The third-order valence-corrected chi connectivity index (χ3v) is 8.33. The van der Waals surface area contributed by atoms with Gasteiger partial charge < -0.3 is 10.1 Å². The van der Waals surface area contributed by atoms with Gasteiger partial charge in [-0.2, -0.15) is 11.8 Å². The minimum absolute atomic E-state index is 0.0331. The molecule has 0 aliphatic carbocycles. The van der Waals surface area contributed by atoms with Crippen LogP contribution in [0.15, 0.2) is 102 Å². The molecule has 0 saturated heterocycles. The van der Waals surface area contributed by atoms with Crippen molar-refractivity contribution in [2.24, 2.45) is 0 Å². The Morgan fingerprint density at radius 1 is 0.951 bits per heavy atom. The molecule has 0 saturated carbocycles. The highest BCUT2D eigenvalue weighted by molar-refractivity contribution is 7.98. The largest absolute Gasteiger partial charge is 0.487 e. The normalized spacial score (nSPS) is 11.9. The summed E-state index contributed by atoms with van der Waals surface area (Å²) < 4.78 is 33.6. The van der Waals surface area contributed by atoms with E-state index in [2.05, 4.69) is 15.0 Å². The van der Waals surface area contributed by atoms with Gasteiger partial charge in [0.1, 0.15) is 18.4 Å². The van der Waals surface area contributed by atoms with Gasteiger partial charge in [0.05, 0.1) is 11.1 Å². The first-order valence-electron chi connectivity index (χ1n) is 12.9. The molecule has 1 atom stereocenters. The molecule has 2 amide bonds. The number of pyridine rings is 1. The second kappa shape index (κ2) is 14.0. The molecule has 41 heavy (non-hydrogen) atoms. The first kappa shape index (κ1) is 29.8. The van der Waals surface area contributed by atoms with Crippen molar-refractivity contribution in [3.63, 3.8) is 0 Å². The number of aromatic nitrogens is 1. The summed E-state index contributed by atoms with van der Waals surface area (Å²) in [4.78, 5) is 30.8. The lowest BCUT2D eigenvalue weighted by Crippen LogP contribution is -2.48. The van der Waals surface area contributed by atoms with Gasteiger partial charge >= 0.3 is 0 Å². The van der Waals surface area contributed by atoms with Crippen LogP contribution in [0.5, 0.6) is 5.75 Å². The van der Waals surface area contributed by atoms with Crippen molar-refractivity contribution in [1.82, 2.24) is 15.0 Å². The lowest BCUT2D eigenvalue weighted by Gasteiger charge is -2.20. The number of benzene rings is 3. The van der Waals surface area contributed by atoms with Crippen LogP contribution in [-0.2, 0) is 21.4 Å². The SMILES string of the molecule is CSCC[C@H](NC(=O)c1ccc(COc2cccnc2)cc1-c1ccccc1C)C(=O)NS(=O)(=O)c1ccccc1. The Labute approximate surface area is 244 Å². The molecule has 1 heterocycles. The summed E-state index contributed by atoms with van der Waals surface area (Å²) in [6.45, 7) is 2.22. The van der Waals surface area contributed by atoms with Crippen molar-refractivity contribution in [3.05, 3.63) is 114 Å². The van der Waals surface area contributed by atoms with E-state index in [0.717, 1.165) is 16.7 Å². The molecule has 212 valence electrons. The third kappa shape index (κ3) is 7.96. The molecule has 0 unspecified atom stereocenters. The summed E-state index contributed by atoms with van der Waals surface area (Å²) in [5, 5.41) is 2.78. The van der Waals surface area contributed by atoms with Crippen molar-refractivity contribution >= 4 is 33.6 Å². The van der Waals surface area contributed by atoms with Gasteiger partial charge in [-0.25, -0.2) is 13.1 Å². The Kier molecular flexibility index (Phi) is 10.2. The Hall–Kier alpha value is -4.15. The van der Waals surface area contributed by atoms with Gasteiger partial charge in [0.2, 0.25) is 0 Å². The first-order valence-corrected chi connectivity index (χ1v) is 15.8. The van der Waals surface area contributed by atoms with Crippen LogP contribution < -0.4 is 14.8 Å². The average Bonchev–Trinajstić information content (AvgIpc) is 2.99. The Morgan fingerprint density at radius 3 is 2.41 bits per heavy atom. The average molecular weight is 590 g/mol. The number of sulfonamides is 1. The number of ether oxygens (including phenoxy) is 1. The molecule has 0 aliphatic rings. The second-order valence-electron chi connectivity index (χ2n) is 9.26. The number of nitrogens with zero attached hydrogens (tertiary/aromatic N) is 1. The molecule has 10 heteroatoms. The van der Waals surface area contributed by atoms with Crippen LogP contribution in [0.4, 0.5) is 0 Å². The van der Waals surface area contributed by atoms with Crippen molar-refractivity contribution in [2.45, 2.75) is 30.9 Å². The molecule has 0 fully saturated rings. The minimum atomic E-state index is -4.10. The second-order valence-corrected chi connectivity index (χ2v) is 11.9. The molecular weight excluding hydrogens is 558 g/mol. The van der Waals surface area contributed by atoms with E-state index in [1.165, 1.54) is 23.9 Å². The van der Waals surface area contributed by atoms with Crippen molar-refractivity contribution in [1.29, 1.82) is 0 Å². The highest BCUT2D eigenvalue weighted by atomic mass is 32.2. The molecule has 0 bridgehead atoms. The van der Waals surface area contributed by atoms with Gasteiger partial charge in [-0.15, -0.1) is 0 Å². The summed E-state index contributed by atoms with van der Waals surface area (Å²) in [6, 6.07) is 23.3. The summed E-state index contributed by atoms with van der Waals surface area (Å²) in [7, 11) is -4.10. The summed E-state index contributed by atoms with van der Waals surface area (Å²) in [5.74, 6) is -0.115. The Morgan fingerprint density at radius 2 is 1.71 bits per heavy atom. The van der Waals surface area contributed by atoms with Crippen LogP contribution in [0, 0.1) is 6.92 Å². The molecule has 0 spiro atoms. The standard InChI is InChI=1S/C31H31N3O5S2/c1-22-9-6-7-13-26(22)28-19-23(21-39-24-10-8-17-32-20-24)14-15-27(28)30(35)33-29(16-18-40-2)31(36)34-41(37,38)25-11-4-3-5-12-25/h3-15,17,19-20,29H,16,18,21H2,1-2H3,(H,33,35)(H,34,36)/t29-/m0/s1. The summed E-state index contributed by atoms with van der Waals surface area (Å²) in [6.07, 6.45) is 5.42. The van der Waals surface area contributed by atoms with E-state index in [1.807, 2.05) is 49.6 Å². The number of carbonyl (C=O) groups excluding carboxylic acids is 2. The van der Waals surface area contributed by atoms with Crippen LogP contribution in [-0.4, -0.2) is 43.3 Å². The zero-order valence-corrected chi connectivity index (χ0v) is 24.4. The zero-order valence-electron chi connectivity index (χ0n) is 22.7. The predicted molar refractivity (Wildman–Crippen MR) is 161 cm³/mol. The maximum absolute atomic E-state index is 13.7.